The molecule has 114 valence electrons. The van der Waals surface area contributed by atoms with Gasteiger partial charge in [0.25, 0.3) is 0 Å². The Morgan fingerprint density at radius 1 is 1.26 bits per heavy atom. The molecule has 2 N–H and O–H groups in total. The maximum Gasteiger partial charge on any atom is 0.0589 e. The average molecular weight is 270 g/mol. The lowest BCUT2D eigenvalue weighted by Crippen LogP contribution is -2.46. The highest BCUT2D eigenvalue weighted by atomic mass is 16.5. The number of hydrogen-bond donors (Lipinski definition) is 1. The maximum atomic E-state index is 6.34. The Kier molecular flexibility index (Phi) is 7.96. The molecule has 1 aliphatic carbocycles. The molecule has 0 bridgehead atoms. The van der Waals surface area contributed by atoms with E-state index in [1.165, 1.54) is 32.1 Å². The van der Waals surface area contributed by atoms with E-state index in [1.54, 1.807) is 7.11 Å². The first-order valence-corrected chi connectivity index (χ1v) is 8.10. The molecule has 0 aromatic heterocycles. The number of nitrogens with zero attached hydrogens (tertiary/aromatic N) is 1. The molecular weight excluding hydrogens is 236 g/mol. The van der Waals surface area contributed by atoms with Gasteiger partial charge in [0.05, 0.1) is 6.61 Å². The van der Waals surface area contributed by atoms with Gasteiger partial charge in [-0.25, -0.2) is 0 Å². The predicted molar refractivity (Wildman–Crippen MR) is 82.3 cm³/mol. The van der Waals surface area contributed by atoms with Crippen molar-refractivity contribution >= 4 is 0 Å². The molecule has 0 radical (unpaired) electrons. The second-order valence-corrected chi connectivity index (χ2v) is 6.30. The molecule has 3 unspecified atom stereocenters. The molecule has 0 aromatic rings. The van der Waals surface area contributed by atoms with E-state index in [2.05, 4.69) is 25.7 Å². The third-order valence-corrected chi connectivity index (χ3v) is 4.81. The number of rotatable bonds is 8. The molecule has 3 atom stereocenters. The minimum atomic E-state index is 0.399. The molecule has 3 heteroatoms. The van der Waals surface area contributed by atoms with Crippen LogP contribution in [-0.4, -0.2) is 43.8 Å². The molecule has 0 saturated heterocycles. The Labute approximate surface area is 119 Å². The summed E-state index contributed by atoms with van der Waals surface area (Å²) in [6.07, 6.45) is 6.24. The van der Waals surface area contributed by atoms with Crippen LogP contribution in [-0.2, 0) is 4.74 Å². The van der Waals surface area contributed by atoms with Crippen molar-refractivity contribution in [2.45, 2.75) is 65.0 Å². The Morgan fingerprint density at radius 2 is 1.95 bits per heavy atom. The molecule has 1 saturated carbocycles. The van der Waals surface area contributed by atoms with Crippen LogP contribution < -0.4 is 5.73 Å². The molecule has 0 aliphatic heterocycles. The number of nitrogens with two attached hydrogens (primary N) is 1. The summed E-state index contributed by atoms with van der Waals surface area (Å²) in [5.74, 6) is 1.51. The highest BCUT2D eigenvalue weighted by Crippen LogP contribution is 2.29. The van der Waals surface area contributed by atoms with Gasteiger partial charge in [-0.05, 0) is 43.9 Å². The summed E-state index contributed by atoms with van der Waals surface area (Å²) in [6.45, 7) is 9.97. The second-order valence-electron chi connectivity index (χ2n) is 6.30. The first kappa shape index (κ1) is 16.9. The van der Waals surface area contributed by atoms with E-state index in [9.17, 15) is 0 Å². The van der Waals surface area contributed by atoms with Crippen LogP contribution in [0.4, 0.5) is 0 Å². The second kappa shape index (κ2) is 8.93. The Balaban J connectivity index is 2.58. The lowest BCUT2D eigenvalue weighted by molar-refractivity contribution is 0.0833. The fourth-order valence-corrected chi connectivity index (χ4v) is 3.47. The van der Waals surface area contributed by atoms with Crippen LogP contribution >= 0.6 is 0 Å². The fraction of sp³-hybridized carbons (Fsp3) is 1.00. The van der Waals surface area contributed by atoms with E-state index >= 15 is 0 Å². The highest BCUT2D eigenvalue weighted by Gasteiger charge is 2.29. The van der Waals surface area contributed by atoms with Crippen molar-refractivity contribution in [3.63, 3.8) is 0 Å². The van der Waals surface area contributed by atoms with Gasteiger partial charge < -0.3 is 10.5 Å². The molecule has 3 nitrogen and oxygen atoms in total. The minimum Gasteiger partial charge on any atom is -0.383 e. The third kappa shape index (κ3) is 5.41. The zero-order valence-corrected chi connectivity index (χ0v) is 13.4. The van der Waals surface area contributed by atoms with Crippen LogP contribution in [0.2, 0.25) is 0 Å². The smallest absolute Gasteiger partial charge is 0.0589 e. The number of methoxy groups -OCH3 is 1. The van der Waals surface area contributed by atoms with Gasteiger partial charge in [0.2, 0.25) is 0 Å². The van der Waals surface area contributed by atoms with Crippen LogP contribution in [0.1, 0.15) is 52.9 Å². The van der Waals surface area contributed by atoms with Crippen molar-refractivity contribution in [2.75, 3.05) is 26.8 Å². The third-order valence-electron chi connectivity index (χ3n) is 4.81. The van der Waals surface area contributed by atoms with Gasteiger partial charge in [-0.3, -0.25) is 4.90 Å². The Morgan fingerprint density at radius 3 is 2.53 bits per heavy atom. The molecule has 1 rings (SSSR count). The van der Waals surface area contributed by atoms with Gasteiger partial charge >= 0.3 is 0 Å². The van der Waals surface area contributed by atoms with E-state index in [1.807, 2.05) is 0 Å². The fourth-order valence-electron chi connectivity index (χ4n) is 3.47. The lowest BCUT2D eigenvalue weighted by atomic mass is 9.78. The van der Waals surface area contributed by atoms with Gasteiger partial charge in [0.15, 0.2) is 0 Å². The van der Waals surface area contributed by atoms with Gasteiger partial charge in [0.1, 0.15) is 0 Å². The average Bonchev–Trinajstić information content (AvgIpc) is 2.41. The Bertz CT molecular complexity index is 231. The van der Waals surface area contributed by atoms with Crippen LogP contribution in [0.25, 0.3) is 0 Å². The monoisotopic (exact) mass is 270 g/mol. The molecule has 0 spiro atoms. The number of hydrogen-bond acceptors (Lipinski definition) is 3. The topological polar surface area (TPSA) is 38.5 Å². The van der Waals surface area contributed by atoms with E-state index in [4.69, 9.17) is 10.5 Å². The number of ether oxygens (including phenoxy) is 1. The van der Waals surface area contributed by atoms with Crippen LogP contribution in [0.3, 0.4) is 0 Å². The van der Waals surface area contributed by atoms with Crippen molar-refractivity contribution < 1.29 is 4.74 Å². The largest absolute Gasteiger partial charge is 0.383 e. The summed E-state index contributed by atoms with van der Waals surface area (Å²) < 4.78 is 5.28. The normalized spacial score (nSPS) is 28.3. The van der Waals surface area contributed by atoms with Gasteiger partial charge in [-0.2, -0.15) is 0 Å². The summed E-state index contributed by atoms with van der Waals surface area (Å²) in [5.41, 5.74) is 6.34. The molecule has 0 heterocycles. The molecule has 19 heavy (non-hydrogen) atoms. The summed E-state index contributed by atoms with van der Waals surface area (Å²) in [4.78, 5) is 2.62. The van der Waals surface area contributed by atoms with Gasteiger partial charge in [0, 0.05) is 32.3 Å². The van der Waals surface area contributed by atoms with E-state index in [0.717, 1.165) is 25.6 Å². The van der Waals surface area contributed by atoms with E-state index in [0.29, 0.717) is 18.0 Å². The summed E-state index contributed by atoms with van der Waals surface area (Å²) in [6, 6.07) is 1.08. The SMILES string of the molecule is CCC(CC)N(CCOC)CC1CC(C)CCC1N. The van der Waals surface area contributed by atoms with Crippen LogP contribution in [0.5, 0.6) is 0 Å². The van der Waals surface area contributed by atoms with Crippen molar-refractivity contribution in [2.24, 2.45) is 17.6 Å². The zero-order valence-electron chi connectivity index (χ0n) is 13.4. The van der Waals surface area contributed by atoms with Gasteiger partial charge in [-0.1, -0.05) is 20.8 Å². The summed E-state index contributed by atoms with van der Waals surface area (Å²) >= 11 is 0. The predicted octanol–water partition coefficient (Wildman–Crippen LogP) is 2.89. The molecular formula is C16H34N2O. The minimum absolute atomic E-state index is 0.399. The van der Waals surface area contributed by atoms with Crippen molar-refractivity contribution in [3.8, 4) is 0 Å². The van der Waals surface area contributed by atoms with Gasteiger partial charge in [-0.15, -0.1) is 0 Å². The summed E-state index contributed by atoms with van der Waals surface area (Å²) in [5, 5.41) is 0. The van der Waals surface area contributed by atoms with Crippen molar-refractivity contribution in [1.29, 1.82) is 0 Å². The molecule has 0 aromatic carbocycles. The zero-order chi connectivity index (χ0) is 14.3. The first-order valence-electron chi connectivity index (χ1n) is 8.10. The quantitative estimate of drug-likeness (QED) is 0.737. The Hall–Kier alpha value is -0.120. The molecule has 1 fully saturated rings. The first-order chi connectivity index (χ1) is 9.12. The van der Waals surface area contributed by atoms with Crippen molar-refractivity contribution in [1.82, 2.24) is 4.90 Å². The van der Waals surface area contributed by atoms with Crippen molar-refractivity contribution in [3.05, 3.63) is 0 Å². The maximum absolute atomic E-state index is 6.34. The highest BCUT2D eigenvalue weighted by molar-refractivity contribution is 4.84. The summed E-state index contributed by atoms with van der Waals surface area (Å²) in [7, 11) is 1.79. The standard InChI is InChI=1S/C16H34N2O/c1-5-15(6-2)18(9-10-19-4)12-14-11-13(3)7-8-16(14)17/h13-16H,5-12,17H2,1-4H3. The van der Waals surface area contributed by atoms with E-state index < -0.39 is 0 Å². The van der Waals surface area contributed by atoms with Crippen LogP contribution in [0.15, 0.2) is 0 Å². The lowest BCUT2D eigenvalue weighted by Gasteiger charge is -2.39. The van der Waals surface area contributed by atoms with E-state index in [-0.39, 0.29) is 0 Å². The molecule has 0 amide bonds. The van der Waals surface area contributed by atoms with Crippen LogP contribution in [0, 0.1) is 11.8 Å². The molecule has 1 aliphatic rings.